The van der Waals surface area contributed by atoms with E-state index < -0.39 is 5.41 Å². The summed E-state index contributed by atoms with van der Waals surface area (Å²) in [4.78, 5) is 38.1. The molecule has 1 N–H and O–H groups in total. The summed E-state index contributed by atoms with van der Waals surface area (Å²) in [6.45, 7) is 2.32. The van der Waals surface area contributed by atoms with E-state index in [4.69, 9.17) is 0 Å². The minimum absolute atomic E-state index is 0.0367. The molecule has 2 aromatic rings. The minimum atomic E-state index is -0.476. The number of amides is 3. The van der Waals surface area contributed by atoms with Gasteiger partial charge in [-0.1, -0.05) is 66.6 Å². The Hall–Kier alpha value is -2.60. The maximum atomic E-state index is 13.3. The highest BCUT2D eigenvalue weighted by Crippen LogP contribution is 2.42. The lowest BCUT2D eigenvalue weighted by molar-refractivity contribution is -0.125. The molecule has 1 saturated carbocycles. The number of carbonyl (C=O) groups excluding carboxylic acids is 3. The summed E-state index contributed by atoms with van der Waals surface area (Å²) >= 11 is 1.04. The van der Waals surface area contributed by atoms with Gasteiger partial charge in [-0.25, -0.2) is 0 Å². The van der Waals surface area contributed by atoms with Gasteiger partial charge in [-0.3, -0.25) is 19.3 Å². The molecular weight excluding hydrogens is 384 g/mol. The first-order valence-corrected chi connectivity index (χ1v) is 10.9. The average molecular weight is 409 g/mol. The molecule has 0 aromatic heterocycles. The molecule has 0 radical (unpaired) electrons. The Bertz CT molecular complexity index is 933. The molecule has 150 valence electrons. The molecule has 3 amide bonds. The molecule has 1 aliphatic carbocycles. The van der Waals surface area contributed by atoms with Crippen LogP contribution in [0.5, 0.6) is 0 Å². The molecule has 2 aliphatic rings. The van der Waals surface area contributed by atoms with Crippen molar-refractivity contribution in [3.8, 4) is 0 Å². The van der Waals surface area contributed by atoms with E-state index in [1.54, 1.807) is 0 Å². The SMILES string of the molecule is Cc1cccc(C2(C(=O)Nc3ccc(CN4C(=O)CSC4=O)cc3)CCCC2)c1. The lowest BCUT2D eigenvalue weighted by Gasteiger charge is -2.28. The summed E-state index contributed by atoms with van der Waals surface area (Å²) in [6.07, 6.45) is 3.82. The van der Waals surface area contributed by atoms with Crippen molar-refractivity contribution in [2.75, 3.05) is 11.1 Å². The zero-order valence-electron chi connectivity index (χ0n) is 16.4. The monoisotopic (exact) mass is 408 g/mol. The molecule has 2 fully saturated rings. The molecule has 6 heteroatoms. The van der Waals surface area contributed by atoms with E-state index in [2.05, 4.69) is 30.4 Å². The molecule has 0 atom stereocenters. The second kappa shape index (κ2) is 8.03. The van der Waals surface area contributed by atoms with Crippen molar-refractivity contribution in [2.45, 2.75) is 44.6 Å². The van der Waals surface area contributed by atoms with Crippen LogP contribution in [0.4, 0.5) is 10.5 Å². The molecular formula is C23H24N2O3S. The molecule has 0 spiro atoms. The first kappa shape index (κ1) is 19.7. The van der Waals surface area contributed by atoms with Crippen molar-refractivity contribution < 1.29 is 14.4 Å². The first-order valence-electron chi connectivity index (χ1n) is 9.93. The third kappa shape index (κ3) is 3.94. The lowest BCUT2D eigenvalue weighted by Crippen LogP contribution is -2.38. The van der Waals surface area contributed by atoms with Crippen molar-refractivity contribution in [1.82, 2.24) is 4.90 Å². The van der Waals surface area contributed by atoms with E-state index in [0.717, 1.165) is 59.8 Å². The largest absolute Gasteiger partial charge is 0.325 e. The maximum absolute atomic E-state index is 13.3. The number of benzene rings is 2. The zero-order chi connectivity index (χ0) is 20.4. The van der Waals surface area contributed by atoms with Gasteiger partial charge in [0, 0.05) is 5.69 Å². The van der Waals surface area contributed by atoms with Crippen molar-refractivity contribution in [2.24, 2.45) is 0 Å². The van der Waals surface area contributed by atoms with Crippen LogP contribution in [-0.4, -0.2) is 27.7 Å². The number of thioether (sulfide) groups is 1. The Labute approximate surface area is 174 Å². The standard InChI is InChI=1S/C23H24N2O3S/c1-16-5-4-6-18(13-16)23(11-2-3-12-23)21(27)24-19-9-7-17(8-10-19)14-25-20(26)15-29-22(25)28/h4-10,13H,2-3,11-12,14-15H2,1H3,(H,24,27). The third-order valence-electron chi connectivity index (χ3n) is 5.86. The molecule has 0 bridgehead atoms. The summed E-state index contributed by atoms with van der Waals surface area (Å²) in [6, 6.07) is 15.6. The second-order valence-corrected chi connectivity index (χ2v) is 8.77. The van der Waals surface area contributed by atoms with Gasteiger partial charge in [0.15, 0.2) is 0 Å². The van der Waals surface area contributed by atoms with E-state index in [1.165, 1.54) is 4.90 Å². The molecule has 1 saturated heterocycles. The number of nitrogens with one attached hydrogen (secondary N) is 1. The fraction of sp³-hybridized carbons (Fsp3) is 0.348. The molecule has 5 nitrogen and oxygen atoms in total. The number of nitrogens with zero attached hydrogens (tertiary/aromatic N) is 1. The van der Waals surface area contributed by atoms with Gasteiger partial charge in [0.05, 0.1) is 17.7 Å². The maximum Gasteiger partial charge on any atom is 0.289 e. The van der Waals surface area contributed by atoms with E-state index in [9.17, 15) is 14.4 Å². The molecule has 1 aliphatic heterocycles. The number of carbonyl (C=O) groups is 3. The van der Waals surface area contributed by atoms with Crippen molar-refractivity contribution in [3.63, 3.8) is 0 Å². The fourth-order valence-corrected chi connectivity index (χ4v) is 4.95. The summed E-state index contributed by atoms with van der Waals surface area (Å²) in [5.41, 5.74) is 3.37. The van der Waals surface area contributed by atoms with Gasteiger partial charge >= 0.3 is 0 Å². The fourth-order valence-electron chi connectivity index (χ4n) is 4.23. The quantitative estimate of drug-likeness (QED) is 0.783. The Kier molecular flexibility index (Phi) is 5.46. The van der Waals surface area contributed by atoms with E-state index >= 15 is 0 Å². The second-order valence-electron chi connectivity index (χ2n) is 7.84. The van der Waals surface area contributed by atoms with Gasteiger partial charge in [-0.2, -0.15) is 0 Å². The van der Waals surface area contributed by atoms with Crippen LogP contribution in [0, 0.1) is 6.92 Å². The average Bonchev–Trinajstić information content (AvgIpc) is 3.33. The molecule has 2 aromatic carbocycles. The predicted octanol–water partition coefficient (Wildman–Crippen LogP) is 4.64. The molecule has 4 rings (SSSR count). The van der Waals surface area contributed by atoms with Crippen molar-refractivity contribution in [1.29, 1.82) is 0 Å². The summed E-state index contributed by atoms with van der Waals surface area (Å²) < 4.78 is 0. The van der Waals surface area contributed by atoms with E-state index in [-0.39, 0.29) is 29.4 Å². The molecule has 1 heterocycles. The van der Waals surface area contributed by atoms with Crippen molar-refractivity contribution in [3.05, 3.63) is 65.2 Å². The van der Waals surface area contributed by atoms with Crippen LogP contribution < -0.4 is 5.32 Å². The van der Waals surface area contributed by atoms with E-state index in [1.807, 2.05) is 30.3 Å². The van der Waals surface area contributed by atoms with Crippen LogP contribution in [0.3, 0.4) is 0 Å². The summed E-state index contributed by atoms with van der Waals surface area (Å²) in [5.74, 6) is 0.0990. The van der Waals surface area contributed by atoms with Gasteiger partial charge in [0.25, 0.3) is 5.24 Å². The molecule has 0 unspecified atom stereocenters. The molecule has 29 heavy (non-hydrogen) atoms. The smallest absolute Gasteiger partial charge is 0.289 e. The highest BCUT2D eigenvalue weighted by Gasteiger charge is 2.42. The zero-order valence-corrected chi connectivity index (χ0v) is 17.3. The van der Waals surface area contributed by atoms with Gasteiger partial charge < -0.3 is 5.32 Å². The topological polar surface area (TPSA) is 66.5 Å². The van der Waals surface area contributed by atoms with Gasteiger partial charge in [0.2, 0.25) is 11.8 Å². The number of hydrogen-bond acceptors (Lipinski definition) is 4. The van der Waals surface area contributed by atoms with Crippen LogP contribution in [0.2, 0.25) is 0 Å². The number of anilines is 1. The number of aryl methyl sites for hydroxylation is 1. The van der Waals surface area contributed by atoms with Crippen LogP contribution in [0.25, 0.3) is 0 Å². The Balaban J connectivity index is 1.49. The highest BCUT2D eigenvalue weighted by molar-refractivity contribution is 8.14. The Morgan fingerprint density at radius 1 is 1.10 bits per heavy atom. The van der Waals surface area contributed by atoms with Gasteiger partial charge in [-0.15, -0.1) is 0 Å². The number of hydrogen-bond donors (Lipinski definition) is 1. The Morgan fingerprint density at radius 3 is 2.45 bits per heavy atom. The lowest BCUT2D eigenvalue weighted by atomic mass is 9.77. The van der Waals surface area contributed by atoms with Crippen LogP contribution in [0.1, 0.15) is 42.4 Å². The van der Waals surface area contributed by atoms with Crippen molar-refractivity contribution >= 4 is 34.5 Å². The summed E-state index contributed by atoms with van der Waals surface area (Å²) in [7, 11) is 0. The van der Waals surface area contributed by atoms with E-state index in [0.29, 0.717) is 0 Å². The normalized spacial score (nSPS) is 18.3. The number of imide groups is 1. The highest BCUT2D eigenvalue weighted by atomic mass is 32.2. The van der Waals surface area contributed by atoms with Crippen LogP contribution in [-0.2, 0) is 21.5 Å². The Morgan fingerprint density at radius 2 is 1.83 bits per heavy atom. The number of rotatable bonds is 5. The third-order valence-corrected chi connectivity index (χ3v) is 6.71. The van der Waals surface area contributed by atoms with Gasteiger partial charge in [0.1, 0.15) is 0 Å². The first-order chi connectivity index (χ1) is 14.0. The minimum Gasteiger partial charge on any atom is -0.325 e. The summed E-state index contributed by atoms with van der Waals surface area (Å²) in [5, 5.41) is 2.89. The predicted molar refractivity (Wildman–Crippen MR) is 115 cm³/mol. The van der Waals surface area contributed by atoms with Gasteiger partial charge in [-0.05, 0) is 43.0 Å². The van der Waals surface area contributed by atoms with Crippen LogP contribution in [0.15, 0.2) is 48.5 Å². The van der Waals surface area contributed by atoms with Crippen LogP contribution >= 0.6 is 11.8 Å².